The molecule has 0 fully saturated rings. The lowest BCUT2D eigenvalue weighted by Crippen LogP contribution is -2.25. The quantitative estimate of drug-likeness (QED) is 0.872. The Labute approximate surface area is 136 Å². The van der Waals surface area contributed by atoms with Gasteiger partial charge in [-0.15, -0.1) is 15.3 Å². The molecule has 2 rings (SSSR count). The number of esters is 1. The molecule has 23 heavy (non-hydrogen) atoms. The van der Waals surface area contributed by atoms with Crippen LogP contribution in [0.25, 0.3) is 5.65 Å². The van der Waals surface area contributed by atoms with Crippen molar-refractivity contribution in [2.75, 3.05) is 11.9 Å². The van der Waals surface area contributed by atoms with Crippen molar-refractivity contribution in [2.45, 2.75) is 59.0 Å². The van der Waals surface area contributed by atoms with E-state index in [9.17, 15) is 4.79 Å². The monoisotopic (exact) mass is 319 g/mol. The maximum atomic E-state index is 11.7. The number of hydrogen-bond donors (Lipinski definition) is 1. The Bertz CT molecular complexity index is 695. The minimum atomic E-state index is -0.460. The van der Waals surface area contributed by atoms with Gasteiger partial charge in [0, 0.05) is 12.0 Å². The van der Waals surface area contributed by atoms with Gasteiger partial charge in [0.25, 0.3) is 0 Å². The molecule has 0 spiro atoms. The number of hydrogen-bond acceptors (Lipinski definition) is 6. The summed E-state index contributed by atoms with van der Waals surface area (Å²) in [6.45, 7) is 12.2. The second-order valence-electron chi connectivity index (χ2n) is 7.53. The summed E-state index contributed by atoms with van der Waals surface area (Å²) in [5.74, 6) is 1.24. The molecule has 0 radical (unpaired) electrons. The smallest absolute Gasteiger partial charge is 0.308 e. The summed E-state index contributed by atoms with van der Waals surface area (Å²) in [6, 6.07) is 3.68. The van der Waals surface area contributed by atoms with E-state index in [4.69, 9.17) is 4.74 Å². The predicted octanol–water partition coefficient (Wildman–Crippen LogP) is 2.57. The van der Waals surface area contributed by atoms with E-state index in [2.05, 4.69) is 41.4 Å². The summed E-state index contributed by atoms with van der Waals surface area (Å²) in [4.78, 5) is 11.7. The Morgan fingerprint density at radius 1 is 1.17 bits per heavy atom. The Hall–Kier alpha value is -2.18. The molecule has 126 valence electrons. The summed E-state index contributed by atoms with van der Waals surface area (Å²) in [7, 11) is 0. The number of nitrogens with one attached hydrogen (secondary N) is 1. The summed E-state index contributed by atoms with van der Waals surface area (Å²) in [6.07, 6.45) is 0.283. The van der Waals surface area contributed by atoms with Gasteiger partial charge in [0.05, 0.1) is 6.42 Å². The van der Waals surface area contributed by atoms with Crippen molar-refractivity contribution in [1.82, 2.24) is 19.8 Å². The minimum Gasteiger partial charge on any atom is -0.460 e. The van der Waals surface area contributed by atoms with Gasteiger partial charge in [0.15, 0.2) is 11.5 Å². The molecule has 7 nitrogen and oxygen atoms in total. The molecule has 0 aromatic carbocycles. The molecule has 0 atom stereocenters. The molecule has 0 amide bonds. The second-order valence-corrected chi connectivity index (χ2v) is 7.53. The van der Waals surface area contributed by atoms with Crippen molar-refractivity contribution in [3.8, 4) is 0 Å². The first-order chi connectivity index (χ1) is 10.6. The average Bonchev–Trinajstić information content (AvgIpc) is 2.79. The number of fused-ring (bicyclic) bond motifs is 1. The SMILES string of the molecule is CC(C)(C)OC(=O)CCNc1ccc2nnc(C(C)(C)C)n2n1. The zero-order valence-corrected chi connectivity index (χ0v) is 14.7. The fourth-order valence-electron chi connectivity index (χ4n) is 2.04. The van der Waals surface area contributed by atoms with Gasteiger partial charge in [-0.1, -0.05) is 20.8 Å². The standard InChI is InChI=1S/C16H25N5O2/c1-15(2,3)14-19-18-12-8-7-11(20-21(12)14)17-10-9-13(22)23-16(4,5)6/h7-8H,9-10H2,1-6H3,(H,17,20). The molecule has 0 aliphatic rings. The maximum absolute atomic E-state index is 11.7. The van der Waals surface area contributed by atoms with Crippen LogP contribution >= 0.6 is 0 Å². The maximum Gasteiger partial charge on any atom is 0.308 e. The highest BCUT2D eigenvalue weighted by atomic mass is 16.6. The molecular weight excluding hydrogens is 294 g/mol. The van der Waals surface area contributed by atoms with Crippen molar-refractivity contribution in [3.63, 3.8) is 0 Å². The van der Waals surface area contributed by atoms with Crippen LogP contribution in [0, 0.1) is 0 Å². The molecule has 2 heterocycles. The lowest BCUT2D eigenvalue weighted by molar-refractivity contribution is -0.154. The number of anilines is 1. The van der Waals surface area contributed by atoms with Crippen LogP contribution < -0.4 is 5.32 Å². The van der Waals surface area contributed by atoms with E-state index in [0.717, 1.165) is 5.82 Å². The number of nitrogens with zero attached hydrogens (tertiary/aromatic N) is 4. The Morgan fingerprint density at radius 2 is 1.87 bits per heavy atom. The third-order valence-corrected chi connectivity index (χ3v) is 2.99. The zero-order chi connectivity index (χ0) is 17.3. The van der Waals surface area contributed by atoms with Crippen molar-refractivity contribution in [1.29, 1.82) is 0 Å². The second kappa shape index (κ2) is 6.14. The van der Waals surface area contributed by atoms with Gasteiger partial charge in [0.2, 0.25) is 0 Å². The first-order valence-corrected chi connectivity index (χ1v) is 7.75. The van der Waals surface area contributed by atoms with Crippen LogP contribution in [-0.4, -0.2) is 37.9 Å². The first-order valence-electron chi connectivity index (χ1n) is 7.75. The zero-order valence-electron chi connectivity index (χ0n) is 14.7. The number of rotatable bonds is 4. The lowest BCUT2D eigenvalue weighted by Gasteiger charge is -2.19. The third-order valence-electron chi connectivity index (χ3n) is 2.99. The molecule has 7 heteroatoms. The van der Waals surface area contributed by atoms with Crippen LogP contribution in [0.1, 0.15) is 53.8 Å². The van der Waals surface area contributed by atoms with Crippen molar-refractivity contribution < 1.29 is 9.53 Å². The molecule has 0 saturated heterocycles. The largest absolute Gasteiger partial charge is 0.460 e. The van der Waals surface area contributed by atoms with Crippen molar-refractivity contribution in [3.05, 3.63) is 18.0 Å². The Morgan fingerprint density at radius 3 is 2.48 bits per heavy atom. The van der Waals surface area contributed by atoms with E-state index in [-0.39, 0.29) is 17.8 Å². The van der Waals surface area contributed by atoms with Crippen LogP contribution in [0.4, 0.5) is 5.82 Å². The fourth-order valence-corrected chi connectivity index (χ4v) is 2.04. The topological polar surface area (TPSA) is 81.4 Å². The van der Waals surface area contributed by atoms with Crippen LogP contribution in [0.5, 0.6) is 0 Å². The summed E-state index contributed by atoms with van der Waals surface area (Å²) in [5, 5.41) is 16.0. The molecular formula is C16H25N5O2. The van der Waals surface area contributed by atoms with Gasteiger partial charge >= 0.3 is 5.97 Å². The first kappa shape index (κ1) is 17.2. The van der Waals surface area contributed by atoms with Crippen LogP contribution in [0.2, 0.25) is 0 Å². The van der Waals surface area contributed by atoms with E-state index in [1.54, 1.807) is 4.52 Å². The molecule has 0 aliphatic carbocycles. The average molecular weight is 319 g/mol. The summed E-state index contributed by atoms with van der Waals surface area (Å²) >= 11 is 0. The third kappa shape index (κ3) is 4.64. The van der Waals surface area contributed by atoms with Gasteiger partial charge in [-0.05, 0) is 32.9 Å². The summed E-state index contributed by atoms with van der Waals surface area (Å²) < 4.78 is 7.00. The molecule has 0 saturated carbocycles. The fraction of sp³-hybridized carbons (Fsp3) is 0.625. The highest BCUT2D eigenvalue weighted by molar-refractivity contribution is 5.70. The lowest BCUT2D eigenvalue weighted by atomic mass is 9.96. The normalized spacial score (nSPS) is 12.4. The van der Waals surface area contributed by atoms with Gasteiger partial charge in [0.1, 0.15) is 11.4 Å². The highest BCUT2D eigenvalue weighted by Gasteiger charge is 2.22. The van der Waals surface area contributed by atoms with Crippen LogP contribution in [0.3, 0.4) is 0 Å². The van der Waals surface area contributed by atoms with Crippen molar-refractivity contribution >= 4 is 17.4 Å². The van der Waals surface area contributed by atoms with Gasteiger partial charge in [-0.25, -0.2) is 0 Å². The minimum absolute atomic E-state index is 0.151. The van der Waals surface area contributed by atoms with Crippen LogP contribution in [0.15, 0.2) is 12.1 Å². The van der Waals surface area contributed by atoms with E-state index in [1.807, 2.05) is 32.9 Å². The van der Waals surface area contributed by atoms with Crippen LogP contribution in [-0.2, 0) is 14.9 Å². The Kier molecular flexibility index (Phi) is 4.58. The molecule has 1 N–H and O–H groups in total. The van der Waals surface area contributed by atoms with E-state index < -0.39 is 5.60 Å². The number of aromatic nitrogens is 4. The van der Waals surface area contributed by atoms with Crippen molar-refractivity contribution in [2.24, 2.45) is 0 Å². The number of carbonyl (C=O) groups is 1. The van der Waals surface area contributed by atoms with E-state index in [0.29, 0.717) is 18.0 Å². The van der Waals surface area contributed by atoms with E-state index in [1.165, 1.54) is 0 Å². The highest BCUT2D eigenvalue weighted by Crippen LogP contribution is 2.20. The number of carbonyl (C=O) groups excluding carboxylic acids is 1. The molecule has 0 bridgehead atoms. The summed E-state index contributed by atoms with van der Waals surface area (Å²) in [5.41, 5.74) is 0.0903. The van der Waals surface area contributed by atoms with Gasteiger partial charge < -0.3 is 10.1 Å². The van der Waals surface area contributed by atoms with E-state index >= 15 is 0 Å². The van der Waals surface area contributed by atoms with Gasteiger partial charge in [-0.3, -0.25) is 4.79 Å². The molecule has 0 aliphatic heterocycles. The molecule has 2 aromatic rings. The molecule has 2 aromatic heterocycles. The Balaban J connectivity index is 2.03. The molecule has 0 unspecified atom stereocenters. The van der Waals surface area contributed by atoms with Gasteiger partial charge in [-0.2, -0.15) is 4.52 Å². The number of ether oxygens (including phenoxy) is 1. The predicted molar refractivity (Wildman–Crippen MR) is 88.4 cm³/mol.